The third kappa shape index (κ3) is 4.48. The lowest BCUT2D eigenvalue weighted by atomic mass is 10.0. The van der Waals surface area contributed by atoms with E-state index in [-0.39, 0.29) is 24.2 Å². The molecule has 0 aliphatic carbocycles. The third-order valence-corrected chi connectivity index (χ3v) is 4.72. The second kappa shape index (κ2) is 8.43. The van der Waals surface area contributed by atoms with Crippen molar-refractivity contribution in [3.05, 3.63) is 59.4 Å². The van der Waals surface area contributed by atoms with E-state index in [2.05, 4.69) is 0 Å². The lowest BCUT2D eigenvalue weighted by Gasteiger charge is -2.28. The Morgan fingerprint density at radius 1 is 1.15 bits per heavy atom. The van der Waals surface area contributed by atoms with Crippen LogP contribution < -0.4 is 0 Å². The molecule has 2 aromatic rings. The van der Waals surface area contributed by atoms with Gasteiger partial charge < -0.3 is 9.47 Å². The summed E-state index contributed by atoms with van der Waals surface area (Å²) in [6.45, 7) is 4.71. The summed E-state index contributed by atoms with van der Waals surface area (Å²) in [5, 5.41) is 0. The molecule has 2 atom stereocenters. The number of ketones is 1. The maximum absolute atomic E-state index is 12.6. The van der Waals surface area contributed by atoms with Crippen LogP contribution in [0, 0.1) is 13.8 Å². The van der Waals surface area contributed by atoms with Gasteiger partial charge in [0.05, 0.1) is 25.7 Å². The smallest absolute Gasteiger partial charge is 0.234 e. The van der Waals surface area contributed by atoms with E-state index in [4.69, 9.17) is 9.47 Å². The van der Waals surface area contributed by atoms with Crippen LogP contribution in [-0.4, -0.2) is 35.1 Å². The fourth-order valence-electron chi connectivity index (χ4n) is 3.32. The SMILES string of the molecule is Cc1ccc(C)n1C(=O)C[C@H]1O[C@H](COCc2ccccc2)CCC1=O. The lowest BCUT2D eigenvalue weighted by molar-refractivity contribution is -0.147. The van der Waals surface area contributed by atoms with E-state index in [0.29, 0.717) is 26.1 Å². The van der Waals surface area contributed by atoms with Crippen LogP contribution in [-0.2, 0) is 20.9 Å². The first kappa shape index (κ1) is 18.5. The molecule has 0 radical (unpaired) electrons. The van der Waals surface area contributed by atoms with Gasteiger partial charge in [0.25, 0.3) is 0 Å². The molecule has 0 bridgehead atoms. The van der Waals surface area contributed by atoms with Gasteiger partial charge in [-0.25, -0.2) is 0 Å². The van der Waals surface area contributed by atoms with E-state index in [9.17, 15) is 9.59 Å². The van der Waals surface area contributed by atoms with Gasteiger partial charge in [0.15, 0.2) is 5.78 Å². The summed E-state index contributed by atoms with van der Waals surface area (Å²) in [6.07, 6.45) is 0.314. The van der Waals surface area contributed by atoms with Crippen LogP contribution in [0.5, 0.6) is 0 Å². The molecule has 0 spiro atoms. The van der Waals surface area contributed by atoms with Gasteiger partial charge in [0.2, 0.25) is 5.91 Å². The summed E-state index contributed by atoms with van der Waals surface area (Å²) < 4.78 is 13.3. The Morgan fingerprint density at radius 2 is 1.85 bits per heavy atom. The van der Waals surface area contributed by atoms with E-state index in [1.165, 1.54) is 0 Å². The largest absolute Gasteiger partial charge is 0.374 e. The first-order valence-electron chi connectivity index (χ1n) is 9.02. The predicted octanol–water partition coefficient (Wildman–Crippen LogP) is 3.47. The van der Waals surface area contributed by atoms with Gasteiger partial charge in [-0.15, -0.1) is 0 Å². The van der Waals surface area contributed by atoms with Crippen LogP contribution in [0.1, 0.15) is 41.0 Å². The number of hydrogen-bond donors (Lipinski definition) is 0. The predicted molar refractivity (Wildman–Crippen MR) is 98.1 cm³/mol. The molecule has 1 fully saturated rings. The number of carbonyl (C=O) groups excluding carboxylic acids is 2. The summed E-state index contributed by atoms with van der Waals surface area (Å²) >= 11 is 0. The highest BCUT2D eigenvalue weighted by molar-refractivity contribution is 5.90. The van der Waals surface area contributed by atoms with Crippen molar-refractivity contribution in [2.24, 2.45) is 0 Å². The Labute approximate surface area is 153 Å². The first-order valence-corrected chi connectivity index (χ1v) is 9.02. The number of hydrogen-bond acceptors (Lipinski definition) is 4. The van der Waals surface area contributed by atoms with Crippen LogP contribution >= 0.6 is 0 Å². The minimum Gasteiger partial charge on any atom is -0.374 e. The molecule has 26 heavy (non-hydrogen) atoms. The Kier molecular flexibility index (Phi) is 6.01. The molecule has 0 N–H and O–H groups in total. The molecule has 0 unspecified atom stereocenters. The second-order valence-corrected chi connectivity index (χ2v) is 6.80. The van der Waals surface area contributed by atoms with Gasteiger partial charge in [0.1, 0.15) is 6.10 Å². The number of aromatic nitrogens is 1. The van der Waals surface area contributed by atoms with Crippen molar-refractivity contribution >= 4 is 11.7 Å². The van der Waals surface area contributed by atoms with Crippen molar-refractivity contribution in [3.63, 3.8) is 0 Å². The molecule has 0 amide bonds. The minimum absolute atomic E-state index is 0.000113. The highest BCUT2D eigenvalue weighted by Crippen LogP contribution is 2.21. The standard InChI is InChI=1S/C21H25NO4/c1-15-8-9-16(2)22(15)21(24)12-20-19(23)11-10-18(26-20)14-25-13-17-6-4-3-5-7-17/h3-9,18,20H,10-14H2,1-2H3/t18-,20+/m0/s1. The molecule has 0 saturated carbocycles. The molecule has 1 saturated heterocycles. The molecule has 1 aliphatic heterocycles. The summed E-state index contributed by atoms with van der Waals surface area (Å²) in [6, 6.07) is 13.7. The number of ether oxygens (including phenoxy) is 2. The zero-order valence-electron chi connectivity index (χ0n) is 15.3. The third-order valence-electron chi connectivity index (χ3n) is 4.72. The van der Waals surface area contributed by atoms with Crippen molar-refractivity contribution in [3.8, 4) is 0 Å². The van der Waals surface area contributed by atoms with Crippen LogP contribution in [0.4, 0.5) is 0 Å². The molecule has 2 heterocycles. The highest BCUT2D eigenvalue weighted by atomic mass is 16.5. The molecule has 138 valence electrons. The topological polar surface area (TPSA) is 57.5 Å². The van der Waals surface area contributed by atoms with Gasteiger partial charge in [-0.3, -0.25) is 14.2 Å². The van der Waals surface area contributed by atoms with E-state index < -0.39 is 6.10 Å². The van der Waals surface area contributed by atoms with Gasteiger partial charge in [0, 0.05) is 17.8 Å². The van der Waals surface area contributed by atoms with E-state index >= 15 is 0 Å². The number of benzene rings is 1. The number of aryl methyl sites for hydroxylation is 2. The van der Waals surface area contributed by atoms with E-state index in [1.54, 1.807) is 4.57 Å². The number of rotatable bonds is 6. The van der Waals surface area contributed by atoms with Crippen molar-refractivity contribution in [1.82, 2.24) is 4.57 Å². The van der Waals surface area contributed by atoms with Gasteiger partial charge >= 0.3 is 0 Å². The average molecular weight is 355 g/mol. The van der Waals surface area contributed by atoms with Gasteiger partial charge in [-0.2, -0.15) is 0 Å². The van der Waals surface area contributed by atoms with Crippen molar-refractivity contribution in [2.45, 2.75) is 51.9 Å². The molecular formula is C21H25NO4. The monoisotopic (exact) mass is 355 g/mol. The number of Topliss-reactive ketones (excluding diaryl/α,β-unsaturated/α-hetero) is 1. The zero-order chi connectivity index (χ0) is 18.5. The van der Waals surface area contributed by atoms with E-state index in [1.807, 2.05) is 56.3 Å². The van der Waals surface area contributed by atoms with Crippen molar-refractivity contribution < 1.29 is 19.1 Å². The number of nitrogens with zero attached hydrogens (tertiary/aromatic N) is 1. The zero-order valence-corrected chi connectivity index (χ0v) is 15.3. The maximum Gasteiger partial charge on any atom is 0.234 e. The van der Waals surface area contributed by atoms with Gasteiger partial charge in [-0.1, -0.05) is 30.3 Å². The Balaban J connectivity index is 1.53. The molecular weight excluding hydrogens is 330 g/mol. The normalized spacial score (nSPS) is 20.3. The first-order chi connectivity index (χ1) is 12.5. The van der Waals surface area contributed by atoms with Crippen LogP contribution in [0.25, 0.3) is 0 Å². The molecule has 5 heteroatoms. The summed E-state index contributed by atoms with van der Waals surface area (Å²) in [4.78, 5) is 24.7. The molecule has 1 aromatic heterocycles. The quantitative estimate of drug-likeness (QED) is 0.796. The average Bonchev–Trinajstić information content (AvgIpc) is 2.97. The molecule has 5 nitrogen and oxygen atoms in total. The van der Waals surface area contributed by atoms with E-state index in [0.717, 1.165) is 17.0 Å². The summed E-state index contributed by atoms with van der Waals surface area (Å²) in [5.41, 5.74) is 2.85. The Bertz CT molecular complexity index is 746. The second-order valence-electron chi connectivity index (χ2n) is 6.80. The Hall–Kier alpha value is -2.24. The maximum atomic E-state index is 12.6. The van der Waals surface area contributed by atoms with Crippen LogP contribution in [0.3, 0.4) is 0 Å². The highest BCUT2D eigenvalue weighted by Gasteiger charge is 2.31. The van der Waals surface area contributed by atoms with Crippen LogP contribution in [0.15, 0.2) is 42.5 Å². The minimum atomic E-state index is -0.678. The summed E-state index contributed by atoms with van der Waals surface area (Å²) in [7, 11) is 0. The number of carbonyl (C=O) groups is 2. The Morgan fingerprint density at radius 3 is 2.54 bits per heavy atom. The summed E-state index contributed by atoms with van der Waals surface area (Å²) in [5.74, 6) is -0.102. The lowest BCUT2D eigenvalue weighted by Crippen LogP contribution is -2.39. The fraction of sp³-hybridized carbons (Fsp3) is 0.429. The fourth-order valence-corrected chi connectivity index (χ4v) is 3.32. The van der Waals surface area contributed by atoms with Crippen molar-refractivity contribution in [1.29, 1.82) is 0 Å². The van der Waals surface area contributed by atoms with Gasteiger partial charge in [-0.05, 0) is 38.0 Å². The molecule has 1 aromatic carbocycles. The molecule has 1 aliphatic rings. The van der Waals surface area contributed by atoms with Crippen molar-refractivity contribution in [2.75, 3.05) is 6.61 Å². The van der Waals surface area contributed by atoms with Crippen LogP contribution in [0.2, 0.25) is 0 Å². The molecule has 3 rings (SSSR count).